The summed E-state index contributed by atoms with van der Waals surface area (Å²) < 4.78 is 7.28. The summed E-state index contributed by atoms with van der Waals surface area (Å²) in [6.45, 7) is 5.39. The van der Waals surface area contributed by atoms with Crippen LogP contribution < -0.4 is 5.32 Å². The van der Waals surface area contributed by atoms with Gasteiger partial charge in [0.1, 0.15) is 5.76 Å². The number of hydrogen-bond acceptors (Lipinski definition) is 4. The molecule has 0 aromatic carbocycles. The topological polar surface area (TPSA) is 46.2 Å². The van der Waals surface area contributed by atoms with Gasteiger partial charge in [-0.15, -0.1) is 0 Å². The second-order valence-electron chi connectivity index (χ2n) is 5.97. The zero-order chi connectivity index (χ0) is 14.7. The molecule has 114 valence electrons. The Morgan fingerprint density at radius 2 is 2.24 bits per heavy atom. The van der Waals surface area contributed by atoms with E-state index >= 15 is 0 Å². The standard InChI is InChI=1S/C16H24N4O/c1-13(14-10-17-19(2)11-14)18-15-5-7-20(8-6-15)12-16-4-3-9-21-16/h3-4,9-11,13,15,18H,5-8,12H2,1-2H3/t13-/m0/s1. The number of furan rings is 1. The van der Waals surface area contributed by atoms with Crippen LogP contribution in [0.2, 0.25) is 0 Å². The third kappa shape index (κ3) is 3.74. The monoisotopic (exact) mass is 288 g/mol. The average Bonchev–Trinajstić information content (AvgIpc) is 3.12. The first-order valence-electron chi connectivity index (χ1n) is 7.70. The van der Waals surface area contributed by atoms with Crippen molar-refractivity contribution >= 4 is 0 Å². The quantitative estimate of drug-likeness (QED) is 0.917. The summed E-state index contributed by atoms with van der Waals surface area (Å²) in [7, 11) is 1.96. The second-order valence-corrected chi connectivity index (χ2v) is 5.97. The lowest BCUT2D eigenvalue weighted by atomic mass is 10.0. The number of piperidine rings is 1. The molecule has 21 heavy (non-hydrogen) atoms. The van der Waals surface area contributed by atoms with E-state index in [1.165, 1.54) is 18.4 Å². The van der Waals surface area contributed by atoms with E-state index in [-0.39, 0.29) is 0 Å². The van der Waals surface area contributed by atoms with Crippen LogP contribution >= 0.6 is 0 Å². The predicted molar refractivity (Wildman–Crippen MR) is 81.8 cm³/mol. The highest BCUT2D eigenvalue weighted by atomic mass is 16.3. The lowest BCUT2D eigenvalue weighted by Gasteiger charge is -2.33. The van der Waals surface area contributed by atoms with E-state index in [1.54, 1.807) is 6.26 Å². The van der Waals surface area contributed by atoms with Gasteiger partial charge in [0.2, 0.25) is 0 Å². The molecule has 3 rings (SSSR count). The zero-order valence-electron chi connectivity index (χ0n) is 12.8. The summed E-state index contributed by atoms with van der Waals surface area (Å²) in [4.78, 5) is 2.46. The maximum atomic E-state index is 5.42. The molecular weight excluding hydrogens is 264 g/mol. The molecule has 1 aliphatic rings. The molecule has 1 N–H and O–H groups in total. The van der Waals surface area contributed by atoms with Gasteiger partial charge in [-0.3, -0.25) is 9.58 Å². The minimum atomic E-state index is 0.361. The Morgan fingerprint density at radius 1 is 1.43 bits per heavy atom. The summed E-state index contributed by atoms with van der Waals surface area (Å²) >= 11 is 0. The Morgan fingerprint density at radius 3 is 2.86 bits per heavy atom. The Balaban J connectivity index is 1.45. The summed E-state index contributed by atoms with van der Waals surface area (Å²) in [6, 6.07) is 4.96. The van der Waals surface area contributed by atoms with Gasteiger partial charge in [-0.1, -0.05) is 0 Å². The van der Waals surface area contributed by atoms with Gasteiger partial charge in [-0.2, -0.15) is 5.10 Å². The molecule has 2 aromatic rings. The van der Waals surface area contributed by atoms with Gasteiger partial charge in [-0.05, 0) is 31.9 Å². The van der Waals surface area contributed by atoms with Crippen LogP contribution in [-0.4, -0.2) is 33.8 Å². The van der Waals surface area contributed by atoms with Crippen molar-refractivity contribution in [2.24, 2.45) is 7.05 Å². The molecule has 1 aliphatic heterocycles. The first-order valence-corrected chi connectivity index (χ1v) is 7.70. The van der Waals surface area contributed by atoms with Crippen molar-refractivity contribution in [1.82, 2.24) is 20.0 Å². The van der Waals surface area contributed by atoms with Gasteiger partial charge in [-0.25, -0.2) is 0 Å². The average molecular weight is 288 g/mol. The van der Waals surface area contributed by atoms with Gasteiger partial charge in [0, 0.05) is 44.0 Å². The van der Waals surface area contributed by atoms with Crippen molar-refractivity contribution in [3.63, 3.8) is 0 Å². The van der Waals surface area contributed by atoms with Crippen LogP contribution in [0.5, 0.6) is 0 Å². The Kier molecular flexibility index (Phi) is 4.41. The molecule has 0 aliphatic carbocycles. The minimum absolute atomic E-state index is 0.361. The molecule has 0 spiro atoms. The van der Waals surface area contributed by atoms with E-state index in [0.717, 1.165) is 25.4 Å². The molecule has 5 nitrogen and oxygen atoms in total. The Labute approximate surface area is 125 Å². The smallest absolute Gasteiger partial charge is 0.117 e. The summed E-state index contributed by atoms with van der Waals surface area (Å²) in [6.07, 6.45) is 8.16. The molecule has 5 heteroatoms. The van der Waals surface area contributed by atoms with E-state index in [2.05, 4.69) is 34.5 Å². The van der Waals surface area contributed by atoms with E-state index in [0.29, 0.717) is 12.1 Å². The lowest BCUT2D eigenvalue weighted by Crippen LogP contribution is -2.42. The molecule has 1 saturated heterocycles. The van der Waals surface area contributed by atoms with Gasteiger partial charge in [0.05, 0.1) is 19.0 Å². The number of aryl methyl sites for hydroxylation is 1. The highest BCUT2D eigenvalue weighted by Gasteiger charge is 2.21. The largest absolute Gasteiger partial charge is 0.468 e. The van der Waals surface area contributed by atoms with Crippen molar-refractivity contribution in [2.75, 3.05) is 13.1 Å². The fourth-order valence-electron chi connectivity index (χ4n) is 2.99. The molecule has 0 bridgehead atoms. The van der Waals surface area contributed by atoms with Crippen LogP contribution in [0.1, 0.15) is 37.1 Å². The molecule has 0 unspecified atom stereocenters. The molecule has 0 saturated carbocycles. The van der Waals surface area contributed by atoms with E-state index in [9.17, 15) is 0 Å². The van der Waals surface area contributed by atoms with Crippen molar-refractivity contribution in [3.8, 4) is 0 Å². The van der Waals surface area contributed by atoms with Crippen LogP contribution in [0.25, 0.3) is 0 Å². The van der Waals surface area contributed by atoms with Crippen LogP contribution in [0.4, 0.5) is 0 Å². The first-order chi connectivity index (χ1) is 10.2. The molecule has 0 amide bonds. The Bertz CT molecular complexity index is 540. The predicted octanol–water partition coefficient (Wildman–Crippen LogP) is 2.33. The molecule has 3 heterocycles. The van der Waals surface area contributed by atoms with E-state index in [4.69, 9.17) is 4.42 Å². The van der Waals surface area contributed by atoms with Gasteiger partial charge in [0.15, 0.2) is 0 Å². The first kappa shape index (κ1) is 14.4. The number of rotatable bonds is 5. The van der Waals surface area contributed by atoms with Crippen LogP contribution in [0.15, 0.2) is 35.2 Å². The van der Waals surface area contributed by atoms with Gasteiger partial charge >= 0.3 is 0 Å². The van der Waals surface area contributed by atoms with E-state index in [1.807, 2.05) is 24.0 Å². The minimum Gasteiger partial charge on any atom is -0.468 e. The number of nitrogens with zero attached hydrogens (tertiary/aromatic N) is 3. The van der Waals surface area contributed by atoms with Gasteiger partial charge < -0.3 is 9.73 Å². The van der Waals surface area contributed by atoms with Crippen LogP contribution in [0, 0.1) is 0 Å². The Hall–Kier alpha value is -1.59. The molecule has 2 aromatic heterocycles. The number of hydrogen-bond donors (Lipinski definition) is 1. The van der Waals surface area contributed by atoms with Crippen molar-refractivity contribution in [1.29, 1.82) is 0 Å². The normalized spacial score (nSPS) is 19.0. The fourth-order valence-corrected chi connectivity index (χ4v) is 2.99. The zero-order valence-corrected chi connectivity index (χ0v) is 12.8. The molecular formula is C16H24N4O. The summed E-state index contributed by atoms with van der Waals surface area (Å²) in [5, 5.41) is 7.97. The van der Waals surface area contributed by atoms with Gasteiger partial charge in [0.25, 0.3) is 0 Å². The van der Waals surface area contributed by atoms with Crippen molar-refractivity contribution < 1.29 is 4.42 Å². The maximum absolute atomic E-state index is 5.42. The van der Waals surface area contributed by atoms with Crippen LogP contribution in [0.3, 0.4) is 0 Å². The summed E-state index contributed by atoms with van der Waals surface area (Å²) in [5.74, 6) is 1.06. The van der Waals surface area contributed by atoms with Crippen molar-refractivity contribution in [2.45, 2.75) is 38.4 Å². The van der Waals surface area contributed by atoms with Crippen molar-refractivity contribution in [3.05, 3.63) is 42.1 Å². The lowest BCUT2D eigenvalue weighted by molar-refractivity contribution is 0.174. The third-order valence-electron chi connectivity index (χ3n) is 4.26. The number of nitrogens with one attached hydrogen (secondary N) is 1. The molecule has 0 radical (unpaired) electrons. The highest BCUT2D eigenvalue weighted by molar-refractivity contribution is 5.09. The molecule has 1 atom stereocenters. The van der Waals surface area contributed by atoms with E-state index < -0.39 is 0 Å². The maximum Gasteiger partial charge on any atom is 0.117 e. The highest BCUT2D eigenvalue weighted by Crippen LogP contribution is 2.18. The van der Waals surface area contributed by atoms with Crippen LogP contribution in [-0.2, 0) is 13.6 Å². The number of aromatic nitrogens is 2. The molecule has 1 fully saturated rings. The second kappa shape index (κ2) is 6.45. The number of likely N-dealkylation sites (tertiary alicyclic amines) is 1. The third-order valence-corrected chi connectivity index (χ3v) is 4.26. The summed E-state index contributed by atoms with van der Waals surface area (Å²) in [5.41, 5.74) is 1.26. The SMILES string of the molecule is C[C@H](NC1CCN(Cc2ccco2)CC1)c1cnn(C)c1. The fraction of sp³-hybridized carbons (Fsp3) is 0.562.